The highest BCUT2D eigenvalue weighted by molar-refractivity contribution is 7.11. The standard InChI is InChI=1S/C12H12N2O2S/c1-8-9(2)17-12(14-8)7-16-11-4-3-10(6-15)13-5-11/h3-6H,7H2,1-2H3. The van der Waals surface area contributed by atoms with Gasteiger partial charge in [0, 0.05) is 4.88 Å². The van der Waals surface area contributed by atoms with Crippen LogP contribution < -0.4 is 4.74 Å². The van der Waals surface area contributed by atoms with Gasteiger partial charge in [0.15, 0.2) is 6.29 Å². The number of carbonyl (C=O) groups is 1. The maximum absolute atomic E-state index is 10.4. The van der Waals surface area contributed by atoms with Crippen LogP contribution >= 0.6 is 11.3 Å². The van der Waals surface area contributed by atoms with Crippen molar-refractivity contribution in [1.29, 1.82) is 0 Å². The van der Waals surface area contributed by atoms with Crippen LogP contribution in [0.4, 0.5) is 0 Å². The van der Waals surface area contributed by atoms with Crippen molar-refractivity contribution in [3.05, 3.63) is 39.6 Å². The molecule has 0 fully saturated rings. The minimum atomic E-state index is 0.401. The van der Waals surface area contributed by atoms with Crippen molar-refractivity contribution in [3.63, 3.8) is 0 Å². The molecule has 4 nitrogen and oxygen atoms in total. The Morgan fingerprint density at radius 3 is 2.76 bits per heavy atom. The van der Waals surface area contributed by atoms with E-state index in [1.165, 1.54) is 11.1 Å². The maximum Gasteiger partial charge on any atom is 0.168 e. The Labute approximate surface area is 103 Å². The van der Waals surface area contributed by atoms with E-state index in [4.69, 9.17) is 4.74 Å². The molecule has 0 aliphatic carbocycles. The monoisotopic (exact) mass is 248 g/mol. The molecule has 0 saturated carbocycles. The third kappa shape index (κ3) is 2.88. The molecule has 0 unspecified atom stereocenters. The second-order valence-electron chi connectivity index (χ2n) is 3.57. The van der Waals surface area contributed by atoms with Gasteiger partial charge in [0.25, 0.3) is 0 Å². The number of thiazole rings is 1. The molecule has 0 amide bonds. The van der Waals surface area contributed by atoms with E-state index in [0.29, 0.717) is 24.3 Å². The summed E-state index contributed by atoms with van der Waals surface area (Å²) in [6.07, 6.45) is 2.24. The van der Waals surface area contributed by atoms with E-state index in [1.807, 2.05) is 13.8 Å². The van der Waals surface area contributed by atoms with Crippen LogP contribution in [0.5, 0.6) is 5.75 Å². The number of ether oxygens (including phenoxy) is 1. The van der Waals surface area contributed by atoms with Crippen LogP contribution in [-0.2, 0) is 6.61 Å². The van der Waals surface area contributed by atoms with Crippen LogP contribution in [0.2, 0.25) is 0 Å². The lowest BCUT2D eigenvalue weighted by Crippen LogP contribution is -1.96. The maximum atomic E-state index is 10.4. The summed E-state index contributed by atoms with van der Waals surface area (Å²) in [6.45, 7) is 4.45. The Morgan fingerprint density at radius 1 is 1.41 bits per heavy atom. The Morgan fingerprint density at radius 2 is 2.24 bits per heavy atom. The molecular formula is C12H12N2O2S. The number of aldehydes is 1. The van der Waals surface area contributed by atoms with Crippen LogP contribution in [0.1, 0.15) is 26.1 Å². The average molecular weight is 248 g/mol. The average Bonchev–Trinajstić information content (AvgIpc) is 2.67. The van der Waals surface area contributed by atoms with Crippen LogP contribution in [-0.4, -0.2) is 16.3 Å². The number of rotatable bonds is 4. The number of hydrogen-bond acceptors (Lipinski definition) is 5. The Balaban J connectivity index is 1.99. The normalized spacial score (nSPS) is 10.2. The lowest BCUT2D eigenvalue weighted by Gasteiger charge is -2.02. The van der Waals surface area contributed by atoms with E-state index in [2.05, 4.69) is 9.97 Å². The molecule has 2 aromatic rings. The van der Waals surface area contributed by atoms with Crippen LogP contribution in [0.3, 0.4) is 0 Å². The summed E-state index contributed by atoms with van der Waals surface area (Å²) in [4.78, 5) is 19.9. The van der Waals surface area contributed by atoms with Crippen molar-refractivity contribution in [1.82, 2.24) is 9.97 Å². The molecule has 88 valence electrons. The number of pyridine rings is 1. The van der Waals surface area contributed by atoms with Gasteiger partial charge in [-0.2, -0.15) is 0 Å². The zero-order valence-corrected chi connectivity index (χ0v) is 10.5. The highest BCUT2D eigenvalue weighted by Crippen LogP contribution is 2.18. The molecule has 2 aromatic heterocycles. The van der Waals surface area contributed by atoms with Gasteiger partial charge in [-0.25, -0.2) is 9.97 Å². The number of nitrogens with zero attached hydrogens (tertiary/aromatic N) is 2. The molecule has 2 rings (SSSR count). The largest absolute Gasteiger partial charge is 0.485 e. The van der Waals surface area contributed by atoms with Crippen molar-refractivity contribution in [2.75, 3.05) is 0 Å². The fourth-order valence-electron chi connectivity index (χ4n) is 1.29. The van der Waals surface area contributed by atoms with E-state index >= 15 is 0 Å². The smallest absolute Gasteiger partial charge is 0.168 e. The zero-order chi connectivity index (χ0) is 12.3. The SMILES string of the molecule is Cc1nc(COc2ccc(C=O)nc2)sc1C. The van der Waals surface area contributed by atoms with Gasteiger partial charge in [-0.3, -0.25) is 4.79 Å². The van der Waals surface area contributed by atoms with Gasteiger partial charge in [-0.15, -0.1) is 11.3 Å². The summed E-state index contributed by atoms with van der Waals surface area (Å²) in [5, 5.41) is 0.944. The first-order chi connectivity index (χ1) is 8.19. The second-order valence-corrected chi connectivity index (χ2v) is 4.86. The lowest BCUT2D eigenvalue weighted by atomic mass is 10.4. The first-order valence-electron chi connectivity index (χ1n) is 5.16. The lowest BCUT2D eigenvalue weighted by molar-refractivity contribution is 0.111. The summed E-state index contributed by atoms with van der Waals surface area (Å²) in [5.41, 5.74) is 1.45. The molecule has 0 atom stereocenters. The predicted molar refractivity (Wildman–Crippen MR) is 65.5 cm³/mol. The van der Waals surface area contributed by atoms with Gasteiger partial charge in [0.1, 0.15) is 23.1 Å². The summed E-state index contributed by atoms with van der Waals surface area (Å²) in [7, 11) is 0. The minimum absolute atomic E-state index is 0.401. The number of aromatic nitrogens is 2. The fourth-order valence-corrected chi connectivity index (χ4v) is 2.14. The summed E-state index contributed by atoms with van der Waals surface area (Å²) in [5.74, 6) is 0.640. The van der Waals surface area contributed by atoms with Gasteiger partial charge in [-0.05, 0) is 26.0 Å². The fraction of sp³-hybridized carbons (Fsp3) is 0.250. The van der Waals surface area contributed by atoms with Gasteiger partial charge < -0.3 is 4.74 Å². The molecule has 0 aliphatic heterocycles. The van der Waals surface area contributed by atoms with Gasteiger partial charge in [0.2, 0.25) is 0 Å². The molecular weight excluding hydrogens is 236 g/mol. The van der Waals surface area contributed by atoms with Crippen LogP contribution in [0.25, 0.3) is 0 Å². The molecule has 0 N–H and O–H groups in total. The molecule has 2 heterocycles. The number of hydrogen-bond donors (Lipinski definition) is 0. The van der Waals surface area contributed by atoms with Gasteiger partial charge in [0.05, 0.1) is 11.9 Å². The third-order valence-electron chi connectivity index (χ3n) is 2.32. The first-order valence-corrected chi connectivity index (χ1v) is 5.97. The molecule has 0 radical (unpaired) electrons. The number of aryl methyl sites for hydroxylation is 2. The zero-order valence-electron chi connectivity index (χ0n) is 9.64. The van der Waals surface area contributed by atoms with E-state index in [0.717, 1.165) is 10.7 Å². The third-order valence-corrected chi connectivity index (χ3v) is 3.36. The summed E-state index contributed by atoms with van der Waals surface area (Å²) in [6, 6.07) is 3.35. The Kier molecular flexibility index (Phi) is 3.49. The topological polar surface area (TPSA) is 52.1 Å². The van der Waals surface area contributed by atoms with Gasteiger partial charge in [-0.1, -0.05) is 0 Å². The van der Waals surface area contributed by atoms with Gasteiger partial charge >= 0.3 is 0 Å². The Bertz CT molecular complexity index is 500. The molecule has 5 heteroatoms. The van der Waals surface area contributed by atoms with E-state index in [9.17, 15) is 4.79 Å². The number of carbonyl (C=O) groups excluding carboxylic acids is 1. The van der Waals surface area contributed by atoms with Crippen LogP contribution in [0.15, 0.2) is 18.3 Å². The van der Waals surface area contributed by atoms with Crippen molar-refractivity contribution in [3.8, 4) is 5.75 Å². The quantitative estimate of drug-likeness (QED) is 0.780. The molecule has 0 aliphatic rings. The van der Waals surface area contributed by atoms with Crippen molar-refractivity contribution >= 4 is 17.6 Å². The second kappa shape index (κ2) is 5.05. The summed E-state index contributed by atoms with van der Waals surface area (Å²) < 4.78 is 5.53. The first kappa shape index (κ1) is 11.7. The van der Waals surface area contributed by atoms with Crippen molar-refractivity contribution in [2.24, 2.45) is 0 Å². The summed E-state index contributed by atoms with van der Waals surface area (Å²) >= 11 is 1.63. The van der Waals surface area contributed by atoms with E-state index in [1.54, 1.807) is 23.5 Å². The molecule has 0 saturated heterocycles. The Hall–Kier alpha value is -1.75. The van der Waals surface area contributed by atoms with E-state index in [-0.39, 0.29) is 0 Å². The minimum Gasteiger partial charge on any atom is -0.485 e. The predicted octanol–water partition coefficient (Wildman–Crippen LogP) is 2.55. The highest BCUT2D eigenvalue weighted by Gasteiger charge is 2.04. The van der Waals surface area contributed by atoms with Crippen LogP contribution in [0, 0.1) is 13.8 Å². The van der Waals surface area contributed by atoms with Crippen molar-refractivity contribution in [2.45, 2.75) is 20.5 Å². The molecule has 17 heavy (non-hydrogen) atoms. The highest BCUT2D eigenvalue weighted by atomic mass is 32.1. The molecule has 0 bridgehead atoms. The van der Waals surface area contributed by atoms with Crippen molar-refractivity contribution < 1.29 is 9.53 Å². The molecule has 0 aromatic carbocycles. The molecule has 0 spiro atoms. The van der Waals surface area contributed by atoms with E-state index < -0.39 is 0 Å².